The third-order valence-corrected chi connectivity index (χ3v) is 3.08. The largest absolute Gasteiger partial charge is 0.416 e. The lowest BCUT2D eigenvalue weighted by Crippen LogP contribution is -2.27. The van der Waals surface area contributed by atoms with E-state index < -0.39 is 41.2 Å². The molecule has 1 atom stereocenters. The van der Waals surface area contributed by atoms with Crippen LogP contribution in [0, 0.1) is 0 Å². The molecular formula is C13H11F6NO2. The maximum Gasteiger partial charge on any atom is 0.416 e. The van der Waals surface area contributed by atoms with Crippen LogP contribution in [0.4, 0.5) is 32.0 Å². The molecule has 1 N–H and O–H groups in total. The maximum absolute atomic E-state index is 12.7. The van der Waals surface area contributed by atoms with Gasteiger partial charge < -0.3 is 10.1 Å². The van der Waals surface area contributed by atoms with E-state index in [-0.39, 0.29) is 6.07 Å². The molecule has 0 aliphatic carbocycles. The summed E-state index contributed by atoms with van der Waals surface area (Å²) in [4.78, 5) is 11.7. The summed E-state index contributed by atoms with van der Waals surface area (Å²) >= 11 is 0. The number of anilines is 1. The van der Waals surface area contributed by atoms with Crippen molar-refractivity contribution in [3.8, 4) is 0 Å². The number of nitrogens with one attached hydrogen (secondary N) is 1. The maximum atomic E-state index is 12.7. The van der Waals surface area contributed by atoms with Crippen LogP contribution in [0.1, 0.15) is 24.0 Å². The highest BCUT2D eigenvalue weighted by atomic mass is 19.4. The van der Waals surface area contributed by atoms with E-state index in [1.807, 2.05) is 5.32 Å². The van der Waals surface area contributed by atoms with Crippen LogP contribution in [0.2, 0.25) is 0 Å². The Morgan fingerprint density at radius 2 is 1.59 bits per heavy atom. The lowest BCUT2D eigenvalue weighted by molar-refractivity contribution is -0.143. The molecule has 1 saturated heterocycles. The molecule has 1 aliphatic rings. The first-order valence-electron chi connectivity index (χ1n) is 6.29. The predicted molar refractivity (Wildman–Crippen MR) is 64.0 cm³/mol. The van der Waals surface area contributed by atoms with Crippen LogP contribution in [0.25, 0.3) is 0 Å². The Labute approximate surface area is 121 Å². The van der Waals surface area contributed by atoms with Gasteiger partial charge in [0, 0.05) is 12.3 Å². The van der Waals surface area contributed by atoms with Crippen LogP contribution in [0.3, 0.4) is 0 Å². The normalized spacial score (nSPS) is 19.3. The van der Waals surface area contributed by atoms with Gasteiger partial charge in [-0.1, -0.05) is 0 Å². The molecule has 0 bridgehead atoms. The molecule has 2 rings (SSSR count). The van der Waals surface area contributed by atoms with Crippen LogP contribution < -0.4 is 5.32 Å². The molecule has 1 aromatic carbocycles. The first kappa shape index (κ1) is 16.6. The minimum atomic E-state index is -4.95. The van der Waals surface area contributed by atoms with Crippen LogP contribution >= 0.6 is 0 Å². The van der Waals surface area contributed by atoms with Gasteiger partial charge in [0.15, 0.2) is 0 Å². The first-order chi connectivity index (χ1) is 10.1. The minimum absolute atomic E-state index is 0.00171. The Morgan fingerprint density at radius 1 is 1.05 bits per heavy atom. The van der Waals surface area contributed by atoms with Gasteiger partial charge in [-0.3, -0.25) is 4.79 Å². The van der Waals surface area contributed by atoms with Crippen LogP contribution in [-0.4, -0.2) is 18.6 Å². The van der Waals surface area contributed by atoms with Gasteiger partial charge in [0.25, 0.3) is 5.91 Å². The Kier molecular flexibility index (Phi) is 4.37. The van der Waals surface area contributed by atoms with E-state index in [1.54, 1.807) is 0 Å². The molecule has 3 nitrogen and oxygen atoms in total. The van der Waals surface area contributed by atoms with E-state index in [2.05, 4.69) is 0 Å². The summed E-state index contributed by atoms with van der Waals surface area (Å²) in [5.74, 6) is -0.759. The average molecular weight is 327 g/mol. The van der Waals surface area contributed by atoms with E-state index in [0.717, 1.165) is 0 Å². The smallest absolute Gasteiger partial charge is 0.368 e. The van der Waals surface area contributed by atoms with E-state index in [0.29, 0.717) is 31.6 Å². The van der Waals surface area contributed by atoms with Crippen molar-refractivity contribution in [3.05, 3.63) is 29.3 Å². The van der Waals surface area contributed by atoms with Crippen molar-refractivity contribution >= 4 is 11.6 Å². The first-order valence-corrected chi connectivity index (χ1v) is 6.29. The van der Waals surface area contributed by atoms with Crippen molar-refractivity contribution in [3.63, 3.8) is 0 Å². The molecule has 1 aromatic rings. The van der Waals surface area contributed by atoms with Gasteiger partial charge in [-0.2, -0.15) is 26.3 Å². The SMILES string of the molecule is O=C(Nc1cc(C(F)(F)F)cc(C(F)(F)F)c1)[C@H]1CCCO1. The van der Waals surface area contributed by atoms with Crippen molar-refractivity contribution in [2.75, 3.05) is 11.9 Å². The van der Waals surface area contributed by atoms with E-state index in [4.69, 9.17) is 4.74 Å². The van der Waals surface area contributed by atoms with Gasteiger partial charge in [0.2, 0.25) is 0 Å². The zero-order valence-corrected chi connectivity index (χ0v) is 11.0. The molecule has 22 heavy (non-hydrogen) atoms. The second-order valence-electron chi connectivity index (χ2n) is 4.79. The summed E-state index contributed by atoms with van der Waals surface area (Å²) in [7, 11) is 0. The molecule has 0 radical (unpaired) electrons. The van der Waals surface area contributed by atoms with Gasteiger partial charge in [-0.15, -0.1) is 0 Å². The number of alkyl halides is 6. The van der Waals surface area contributed by atoms with Crippen molar-refractivity contribution < 1.29 is 35.9 Å². The summed E-state index contributed by atoms with van der Waals surface area (Å²) in [5, 5.41) is 2.04. The van der Waals surface area contributed by atoms with Crippen LogP contribution in [0.5, 0.6) is 0 Å². The van der Waals surface area contributed by atoms with Crippen LogP contribution in [0.15, 0.2) is 18.2 Å². The Balaban J connectivity index is 2.31. The number of carbonyl (C=O) groups is 1. The van der Waals surface area contributed by atoms with Gasteiger partial charge >= 0.3 is 12.4 Å². The van der Waals surface area contributed by atoms with Crippen molar-refractivity contribution in [2.45, 2.75) is 31.3 Å². The fourth-order valence-electron chi connectivity index (χ4n) is 2.03. The molecule has 0 spiro atoms. The highest BCUT2D eigenvalue weighted by Gasteiger charge is 2.37. The number of halogens is 6. The average Bonchev–Trinajstić information content (AvgIpc) is 2.90. The summed E-state index contributed by atoms with van der Waals surface area (Å²) in [5.41, 5.74) is -3.53. The minimum Gasteiger partial charge on any atom is -0.368 e. The summed E-state index contributed by atoms with van der Waals surface area (Å²) in [6, 6.07) is 0.923. The number of benzene rings is 1. The molecule has 1 heterocycles. The van der Waals surface area contributed by atoms with Gasteiger partial charge in [0.05, 0.1) is 11.1 Å². The molecule has 1 amide bonds. The number of rotatable bonds is 2. The molecule has 0 unspecified atom stereocenters. The molecule has 9 heteroatoms. The van der Waals surface area contributed by atoms with Gasteiger partial charge in [-0.25, -0.2) is 0 Å². The van der Waals surface area contributed by atoms with Crippen molar-refractivity contribution in [1.82, 2.24) is 0 Å². The third-order valence-electron chi connectivity index (χ3n) is 3.08. The Bertz CT molecular complexity index is 528. The van der Waals surface area contributed by atoms with Gasteiger partial charge in [-0.05, 0) is 31.0 Å². The van der Waals surface area contributed by atoms with E-state index in [9.17, 15) is 31.1 Å². The summed E-state index contributed by atoms with van der Waals surface area (Å²) in [6.45, 7) is 0.328. The highest BCUT2D eigenvalue weighted by Crippen LogP contribution is 2.37. The zero-order chi connectivity index (χ0) is 16.5. The summed E-state index contributed by atoms with van der Waals surface area (Å²) < 4.78 is 81.0. The second-order valence-corrected chi connectivity index (χ2v) is 4.79. The highest BCUT2D eigenvalue weighted by molar-refractivity contribution is 5.94. The number of ether oxygens (including phenoxy) is 1. The quantitative estimate of drug-likeness (QED) is 0.838. The van der Waals surface area contributed by atoms with Gasteiger partial charge in [0.1, 0.15) is 6.10 Å². The molecule has 1 fully saturated rings. The number of carbonyl (C=O) groups excluding carboxylic acids is 1. The molecule has 0 aromatic heterocycles. The molecular weight excluding hydrogens is 316 g/mol. The van der Waals surface area contributed by atoms with Crippen molar-refractivity contribution in [1.29, 1.82) is 0 Å². The fraction of sp³-hybridized carbons (Fsp3) is 0.462. The summed E-state index contributed by atoms with van der Waals surface area (Å²) in [6.07, 6.45) is -9.79. The fourth-order valence-corrected chi connectivity index (χ4v) is 2.03. The Hall–Kier alpha value is -1.77. The van der Waals surface area contributed by atoms with Crippen LogP contribution in [-0.2, 0) is 21.9 Å². The topological polar surface area (TPSA) is 38.3 Å². The molecule has 0 saturated carbocycles. The zero-order valence-electron chi connectivity index (χ0n) is 11.0. The predicted octanol–water partition coefficient (Wildman–Crippen LogP) is 3.84. The number of amides is 1. The molecule has 122 valence electrons. The number of hydrogen-bond donors (Lipinski definition) is 1. The standard InChI is InChI=1S/C13H11F6NO2/c14-12(15,16)7-4-8(13(17,18)19)6-9(5-7)20-11(21)10-2-1-3-22-10/h4-6,10H,1-3H2,(H,20,21)/t10-/m1/s1. The lowest BCUT2D eigenvalue weighted by Gasteiger charge is -2.16. The lowest BCUT2D eigenvalue weighted by atomic mass is 10.1. The third kappa shape index (κ3) is 3.90. The Morgan fingerprint density at radius 3 is 2.00 bits per heavy atom. The molecule has 1 aliphatic heterocycles. The number of hydrogen-bond acceptors (Lipinski definition) is 2. The monoisotopic (exact) mass is 327 g/mol. The van der Waals surface area contributed by atoms with E-state index >= 15 is 0 Å². The second kappa shape index (κ2) is 5.79. The van der Waals surface area contributed by atoms with Crippen molar-refractivity contribution in [2.24, 2.45) is 0 Å². The van der Waals surface area contributed by atoms with E-state index in [1.165, 1.54) is 0 Å².